The Bertz CT molecular complexity index is 2910. The van der Waals surface area contributed by atoms with E-state index in [-0.39, 0.29) is 46.4 Å². The van der Waals surface area contributed by atoms with Gasteiger partial charge in [-0.25, -0.2) is 8.78 Å². The normalized spacial score (nSPS) is 22.5. The first-order chi connectivity index (χ1) is 35.1. The number of rotatable bonds is 11. The highest BCUT2D eigenvalue weighted by atomic mass is 19.3. The predicted molar refractivity (Wildman–Crippen MR) is 273 cm³/mol. The van der Waals surface area contributed by atoms with E-state index in [1.165, 1.54) is 43.8 Å². The zero-order valence-corrected chi connectivity index (χ0v) is 42.9. The molecule has 384 valence electrons. The third-order valence-electron chi connectivity index (χ3n) is 17.7. The molecule has 6 aliphatic rings. The summed E-state index contributed by atoms with van der Waals surface area (Å²) >= 11 is 0. The van der Waals surface area contributed by atoms with Crippen LogP contribution in [0.5, 0.6) is 11.5 Å². The number of carbonyl (C=O) groups is 2. The lowest BCUT2D eigenvalue weighted by Gasteiger charge is -2.63. The number of methoxy groups -OCH3 is 1. The Hall–Kier alpha value is -6.47. The van der Waals surface area contributed by atoms with E-state index in [1.807, 2.05) is 23.1 Å². The summed E-state index contributed by atoms with van der Waals surface area (Å²) in [6, 6.07) is 19.6. The summed E-state index contributed by atoms with van der Waals surface area (Å²) in [6.45, 7) is 15.9. The zero-order valence-electron chi connectivity index (χ0n) is 42.9. The van der Waals surface area contributed by atoms with Crippen LogP contribution in [0.1, 0.15) is 130 Å². The van der Waals surface area contributed by atoms with Gasteiger partial charge in [0.1, 0.15) is 29.9 Å². The van der Waals surface area contributed by atoms with Gasteiger partial charge in [0, 0.05) is 126 Å². The van der Waals surface area contributed by atoms with Crippen LogP contribution < -0.4 is 24.6 Å². The largest absolute Gasteiger partial charge is 0.495 e. The Morgan fingerprint density at radius 1 is 0.918 bits per heavy atom. The summed E-state index contributed by atoms with van der Waals surface area (Å²) < 4.78 is 48.6. The summed E-state index contributed by atoms with van der Waals surface area (Å²) in [4.78, 5) is 35.6. The lowest BCUT2D eigenvalue weighted by Crippen LogP contribution is -2.74. The van der Waals surface area contributed by atoms with Crippen LogP contribution in [0, 0.1) is 27.6 Å². The number of fused-ring (bicyclic) bond motifs is 2. The van der Waals surface area contributed by atoms with Gasteiger partial charge in [-0.15, -0.1) is 0 Å². The number of ether oxygens (including phenoxy) is 2. The summed E-state index contributed by atoms with van der Waals surface area (Å²) in [5.41, 5.74) is 6.76. The van der Waals surface area contributed by atoms with Crippen molar-refractivity contribution in [3.8, 4) is 28.7 Å². The van der Waals surface area contributed by atoms with Gasteiger partial charge < -0.3 is 38.9 Å². The number of nitrogens with one attached hydrogen (secondary N) is 1. The van der Waals surface area contributed by atoms with Gasteiger partial charge in [-0.05, 0) is 111 Å². The molecule has 4 fully saturated rings. The molecule has 16 heteroatoms. The van der Waals surface area contributed by atoms with Crippen LogP contribution in [0.4, 0.5) is 26.0 Å². The molecular weight excluding hydrogens is 929 g/mol. The Morgan fingerprint density at radius 2 is 1.66 bits per heavy atom. The molecule has 73 heavy (non-hydrogen) atoms. The standard InChI is InChI=1S/C57H67F2N9O5/c1-35(69)65-25-19-47-46(31-65)51(67-22-7-8-37-26-44(39-30-61-72-32-39)45(50(58)59)28-48(37)67)63-68(47)42-17-23-64(24-18-42)41-15-20-57(21-16-41)33-66(34-57)40-12-9-36(10-13-40)52(70)62-53-55(2,3)54(56(53,4)5)73-43-14-11-38(29-60)49(27-43)71-6/h9-14,26-28,30,32,41-42,50,53-54H,7-8,15-25,31,33-34H2,1-6H3,(H,62,70). The molecule has 1 spiro atoms. The Balaban J connectivity index is 0.691. The second kappa shape index (κ2) is 18.8. The lowest BCUT2D eigenvalue weighted by molar-refractivity contribution is -0.164. The average Bonchev–Trinajstić information content (AvgIpc) is 4.08. The third kappa shape index (κ3) is 8.68. The second-order valence-electron chi connectivity index (χ2n) is 22.8. The van der Waals surface area contributed by atoms with Crippen molar-refractivity contribution < 1.29 is 32.4 Å². The van der Waals surface area contributed by atoms with Crippen molar-refractivity contribution in [3.05, 3.63) is 101 Å². The van der Waals surface area contributed by atoms with Crippen molar-refractivity contribution in [3.63, 3.8) is 0 Å². The predicted octanol–water partition coefficient (Wildman–Crippen LogP) is 10.0. The molecule has 0 bridgehead atoms. The van der Waals surface area contributed by atoms with Gasteiger partial charge in [-0.1, -0.05) is 32.9 Å². The maximum Gasteiger partial charge on any atom is 0.264 e. The Morgan fingerprint density at radius 3 is 2.32 bits per heavy atom. The molecule has 11 rings (SSSR count). The summed E-state index contributed by atoms with van der Waals surface area (Å²) in [5.74, 6) is 1.83. The number of nitrogens with zero attached hydrogens (tertiary/aromatic N) is 8. The highest BCUT2D eigenvalue weighted by Crippen LogP contribution is 2.56. The molecule has 2 amide bonds. The van der Waals surface area contributed by atoms with Crippen LogP contribution in [0.25, 0.3) is 11.1 Å². The number of halogens is 2. The average molecular weight is 996 g/mol. The number of anilines is 3. The third-order valence-corrected chi connectivity index (χ3v) is 17.7. The van der Waals surface area contributed by atoms with Gasteiger partial charge in [0.25, 0.3) is 12.3 Å². The molecule has 2 aromatic heterocycles. The number of benzene rings is 3. The number of hydrogen-bond donors (Lipinski definition) is 1. The highest BCUT2D eigenvalue weighted by molar-refractivity contribution is 5.95. The highest BCUT2D eigenvalue weighted by Gasteiger charge is 2.64. The lowest BCUT2D eigenvalue weighted by atomic mass is 9.49. The molecule has 3 aromatic carbocycles. The first kappa shape index (κ1) is 48.8. The molecule has 0 radical (unpaired) electrons. The molecular formula is C57H67F2N9O5. The molecule has 6 heterocycles. The number of piperidine rings is 1. The van der Waals surface area contributed by atoms with E-state index in [1.54, 1.807) is 38.3 Å². The minimum Gasteiger partial charge on any atom is -0.495 e. The Labute approximate surface area is 426 Å². The maximum atomic E-state index is 14.7. The molecule has 2 aliphatic carbocycles. The van der Waals surface area contributed by atoms with Gasteiger partial charge in [-0.3, -0.25) is 14.3 Å². The molecule has 5 aromatic rings. The van der Waals surface area contributed by atoms with Crippen LogP contribution in [0.3, 0.4) is 0 Å². The second-order valence-corrected chi connectivity index (χ2v) is 22.8. The van der Waals surface area contributed by atoms with Gasteiger partial charge in [0.05, 0.1) is 31.5 Å². The molecule has 0 unspecified atom stereocenters. The van der Waals surface area contributed by atoms with Crippen LogP contribution in [0.15, 0.2) is 71.6 Å². The minimum absolute atomic E-state index is 0.0271. The number of hydrogen-bond acceptors (Lipinski definition) is 11. The minimum atomic E-state index is -2.68. The fraction of sp³-hybridized carbons (Fsp3) is 0.526. The number of alkyl halides is 2. The van der Waals surface area contributed by atoms with E-state index in [9.17, 15) is 23.6 Å². The van der Waals surface area contributed by atoms with Gasteiger partial charge in [0.15, 0.2) is 5.82 Å². The van der Waals surface area contributed by atoms with Crippen molar-refractivity contribution in [2.45, 2.75) is 130 Å². The first-order valence-corrected chi connectivity index (χ1v) is 26.2. The summed E-state index contributed by atoms with van der Waals surface area (Å²) in [6.07, 6.45) is 9.15. The van der Waals surface area contributed by atoms with Crippen LogP contribution in [-0.4, -0.2) is 101 Å². The number of carbonyl (C=O) groups excluding carboxylic acids is 2. The quantitative estimate of drug-likeness (QED) is 0.135. The summed E-state index contributed by atoms with van der Waals surface area (Å²) in [5, 5.41) is 21.9. The van der Waals surface area contributed by atoms with Crippen molar-refractivity contribution in [2.24, 2.45) is 16.2 Å². The molecule has 14 nitrogen and oxygen atoms in total. The smallest absolute Gasteiger partial charge is 0.264 e. The van der Waals surface area contributed by atoms with E-state index in [2.05, 4.69) is 75.8 Å². The van der Waals surface area contributed by atoms with E-state index in [4.69, 9.17) is 19.1 Å². The van der Waals surface area contributed by atoms with E-state index >= 15 is 0 Å². The maximum absolute atomic E-state index is 14.7. The van der Waals surface area contributed by atoms with Crippen molar-refractivity contribution in [1.82, 2.24) is 30.1 Å². The summed E-state index contributed by atoms with van der Waals surface area (Å²) in [7, 11) is 1.54. The molecule has 0 atom stereocenters. The number of amides is 2. The van der Waals surface area contributed by atoms with E-state index in [0.717, 1.165) is 80.2 Å². The number of likely N-dealkylation sites (tertiary alicyclic amines) is 1. The number of aryl methyl sites for hydroxylation is 1. The first-order valence-electron chi connectivity index (χ1n) is 26.2. The fourth-order valence-electron chi connectivity index (χ4n) is 14.0. The SMILES string of the molecule is COc1cc(OC2C(C)(C)C(NC(=O)c3ccc(N4CC5(CCC(N6CCC(n7nc(N8CCCc9cc(-c%10cnoc%10)c(C(F)F)cc98)c8c7CCN(C(C)=O)C8)CC6)CC5)C4)cc3)C2(C)C)ccc1C#N. The number of aromatic nitrogens is 3. The Kier molecular flexibility index (Phi) is 12.6. The molecule has 2 saturated carbocycles. The van der Waals surface area contributed by atoms with Crippen molar-refractivity contribution in [2.75, 3.05) is 56.2 Å². The van der Waals surface area contributed by atoms with Gasteiger partial charge in [-0.2, -0.15) is 10.4 Å². The fourth-order valence-corrected chi connectivity index (χ4v) is 14.0. The molecule has 1 N–H and O–H groups in total. The van der Waals surface area contributed by atoms with Crippen LogP contribution in [0.2, 0.25) is 0 Å². The van der Waals surface area contributed by atoms with Crippen LogP contribution >= 0.6 is 0 Å². The molecule has 2 saturated heterocycles. The topological polar surface area (TPSA) is 145 Å². The van der Waals surface area contributed by atoms with E-state index < -0.39 is 6.43 Å². The molecule has 4 aliphatic heterocycles. The van der Waals surface area contributed by atoms with E-state index in [0.29, 0.717) is 71.3 Å². The van der Waals surface area contributed by atoms with Gasteiger partial charge >= 0.3 is 0 Å². The van der Waals surface area contributed by atoms with Gasteiger partial charge in [0.2, 0.25) is 5.91 Å². The zero-order chi connectivity index (χ0) is 51.0. The number of nitriles is 1. The van der Waals surface area contributed by atoms with Crippen molar-refractivity contribution >= 4 is 29.0 Å². The van der Waals surface area contributed by atoms with Crippen molar-refractivity contribution in [1.29, 1.82) is 5.26 Å². The van der Waals surface area contributed by atoms with Crippen LogP contribution in [-0.2, 0) is 24.2 Å². The monoisotopic (exact) mass is 996 g/mol.